The smallest absolute Gasteiger partial charge is 0.241 e. The second-order valence-electron chi connectivity index (χ2n) is 5.51. The first-order valence-corrected chi connectivity index (χ1v) is 11.6. The first kappa shape index (κ1) is 20.0. The number of thiophene rings is 1. The molecule has 136 valence electrons. The SMILES string of the molecule is CSCCC(NS(=O)(=O)c1ccccc1)C(=O)NCc1sccc1C. The molecule has 2 rings (SSSR count). The Balaban J connectivity index is 2.07. The molecule has 25 heavy (non-hydrogen) atoms. The fourth-order valence-corrected chi connectivity index (χ4v) is 4.78. The molecule has 8 heteroatoms. The molecule has 1 aromatic heterocycles. The van der Waals surface area contributed by atoms with Gasteiger partial charge in [-0.25, -0.2) is 8.42 Å². The van der Waals surface area contributed by atoms with Gasteiger partial charge in [0, 0.05) is 4.88 Å². The van der Waals surface area contributed by atoms with Crippen LogP contribution in [0.1, 0.15) is 16.9 Å². The Morgan fingerprint density at radius 3 is 2.56 bits per heavy atom. The van der Waals surface area contributed by atoms with Crippen LogP contribution in [0.2, 0.25) is 0 Å². The molecule has 1 atom stereocenters. The van der Waals surface area contributed by atoms with Gasteiger partial charge >= 0.3 is 0 Å². The van der Waals surface area contributed by atoms with E-state index in [0.29, 0.717) is 18.7 Å². The summed E-state index contributed by atoms with van der Waals surface area (Å²) < 4.78 is 27.5. The number of nitrogens with one attached hydrogen (secondary N) is 2. The van der Waals surface area contributed by atoms with E-state index in [2.05, 4.69) is 10.0 Å². The first-order chi connectivity index (χ1) is 11.9. The van der Waals surface area contributed by atoms with Gasteiger partial charge in [0.05, 0.1) is 11.4 Å². The van der Waals surface area contributed by atoms with Crippen LogP contribution in [0.4, 0.5) is 0 Å². The van der Waals surface area contributed by atoms with E-state index < -0.39 is 16.1 Å². The second-order valence-corrected chi connectivity index (χ2v) is 9.21. The number of hydrogen-bond donors (Lipinski definition) is 2. The van der Waals surface area contributed by atoms with Crippen molar-refractivity contribution in [3.63, 3.8) is 0 Å². The zero-order valence-electron chi connectivity index (χ0n) is 14.2. The molecule has 1 amide bonds. The average Bonchev–Trinajstić information content (AvgIpc) is 3.02. The van der Waals surface area contributed by atoms with Gasteiger partial charge in [0.15, 0.2) is 0 Å². The molecule has 1 aromatic carbocycles. The number of aryl methyl sites for hydroxylation is 1. The van der Waals surface area contributed by atoms with Crippen LogP contribution < -0.4 is 10.0 Å². The van der Waals surface area contributed by atoms with E-state index in [1.54, 1.807) is 41.3 Å². The highest BCUT2D eigenvalue weighted by molar-refractivity contribution is 7.98. The molecule has 0 radical (unpaired) electrons. The van der Waals surface area contributed by atoms with Gasteiger partial charge in [0.2, 0.25) is 15.9 Å². The fraction of sp³-hybridized carbons (Fsp3) is 0.353. The van der Waals surface area contributed by atoms with Crippen molar-refractivity contribution in [1.82, 2.24) is 10.0 Å². The molecule has 0 fully saturated rings. The van der Waals surface area contributed by atoms with Crippen LogP contribution in [0.3, 0.4) is 0 Å². The zero-order chi connectivity index (χ0) is 18.3. The maximum absolute atomic E-state index is 12.5. The summed E-state index contributed by atoms with van der Waals surface area (Å²) in [4.78, 5) is 13.8. The van der Waals surface area contributed by atoms with Gasteiger partial charge < -0.3 is 5.32 Å². The predicted molar refractivity (Wildman–Crippen MR) is 104 cm³/mol. The van der Waals surface area contributed by atoms with E-state index in [9.17, 15) is 13.2 Å². The van der Waals surface area contributed by atoms with E-state index in [0.717, 1.165) is 10.4 Å². The zero-order valence-corrected chi connectivity index (χ0v) is 16.6. The average molecular weight is 399 g/mol. The van der Waals surface area contributed by atoms with Gasteiger partial charge in [0.1, 0.15) is 6.04 Å². The Hall–Kier alpha value is -1.35. The van der Waals surface area contributed by atoms with Crippen LogP contribution in [-0.2, 0) is 21.4 Å². The third kappa shape index (κ3) is 5.85. The molecule has 1 unspecified atom stereocenters. The molecule has 0 spiro atoms. The quantitative estimate of drug-likeness (QED) is 0.681. The van der Waals surface area contributed by atoms with Crippen molar-refractivity contribution in [1.29, 1.82) is 0 Å². The molecule has 0 aliphatic carbocycles. The van der Waals surface area contributed by atoms with Crippen LogP contribution in [0, 0.1) is 6.92 Å². The number of rotatable bonds is 9. The molecule has 0 aliphatic heterocycles. The van der Waals surface area contributed by atoms with E-state index >= 15 is 0 Å². The summed E-state index contributed by atoms with van der Waals surface area (Å²) in [6.07, 6.45) is 2.36. The van der Waals surface area contributed by atoms with E-state index in [4.69, 9.17) is 0 Å². The lowest BCUT2D eigenvalue weighted by atomic mass is 10.2. The van der Waals surface area contributed by atoms with Crippen molar-refractivity contribution in [3.8, 4) is 0 Å². The second kappa shape index (κ2) is 9.38. The van der Waals surface area contributed by atoms with E-state index in [1.807, 2.05) is 24.6 Å². The van der Waals surface area contributed by atoms with Crippen molar-refractivity contribution in [2.75, 3.05) is 12.0 Å². The van der Waals surface area contributed by atoms with Crippen LogP contribution in [-0.4, -0.2) is 32.4 Å². The molecule has 2 N–H and O–H groups in total. The molecule has 2 aromatic rings. The topological polar surface area (TPSA) is 75.3 Å². The minimum absolute atomic E-state index is 0.158. The Labute approximate surface area is 157 Å². The summed E-state index contributed by atoms with van der Waals surface area (Å²) in [6.45, 7) is 2.40. The van der Waals surface area contributed by atoms with Crippen LogP contribution in [0.5, 0.6) is 0 Å². The summed E-state index contributed by atoms with van der Waals surface area (Å²) in [6, 6.07) is 9.30. The Bertz CT molecular complexity index is 788. The van der Waals surface area contributed by atoms with Gasteiger partial charge in [-0.1, -0.05) is 18.2 Å². The summed E-state index contributed by atoms with van der Waals surface area (Å²) in [5.41, 5.74) is 1.12. The summed E-state index contributed by atoms with van der Waals surface area (Å²) in [5.74, 6) is 0.384. The van der Waals surface area contributed by atoms with Crippen molar-refractivity contribution in [2.45, 2.75) is 30.8 Å². The van der Waals surface area contributed by atoms with Crippen LogP contribution in [0.15, 0.2) is 46.7 Å². The van der Waals surface area contributed by atoms with E-state index in [1.165, 1.54) is 12.1 Å². The number of carbonyl (C=O) groups excluding carboxylic acids is 1. The molecule has 0 bridgehead atoms. The Morgan fingerprint density at radius 1 is 1.24 bits per heavy atom. The standard InChI is InChI=1S/C17H22N2O3S3/c1-13-8-11-24-16(13)12-18-17(20)15(9-10-23-2)19-25(21,22)14-6-4-3-5-7-14/h3-8,11,15,19H,9-10,12H2,1-2H3,(H,18,20). The monoisotopic (exact) mass is 398 g/mol. The highest BCUT2D eigenvalue weighted by Crippen LogP contribution is 2.15. The normalized spacial score (nSPS) is 12.7. The molecule has 1 heterocycles. The first-order valence-electron chi connectivity index (χ1n) is 7.81. The molecule has 0 aliphatic rings. The van der Waals surface area contributed by atoms with Crippen LogP contribution in [0.25, 0.3) is 0 Å². The summed E-state index contributed by atoms with van der Waals surface area (Å²) in [7, 11) is -3.73. The number of sulfonamides is 1. The predicted octanol–water partition coefficient (Wildman–Crippen LogP) is 2.77. The largest absolute Gasteiger partial charge is 0.350 e. The Morgan fingerprint density at radius 2 is 1.96 bits per heavy atom. The van der Waals surface area contributed by atoms with Crippen molar-refractivity contribution >= 4 is 39.0 Å². The highest BCUT2D eigenvalue weighted by Gasteiger charge is 2.25. The van der Waals surface area contributed by atoms with Crippen molar-refractivity contribution in [3.05, 3.63) is 52.2 Å². The maximum atomic E-state index is 12.5. The number of benzene rings is 1. The molecule has 0 saturated carbocycles. The number of hydrogen-bond acceptors (Lipinski definition) is 5. The van der Waals surface area contributed by atoms with Crippen LogP contribution >= 0.6 is 23.1 Å². The third-order valence-electron chi connectivity index (χ3n) is 3.67. The minimum atomic E-state index is -3.73. The highest BCUT2D eigenvalue weighted by atomic mass is 32.2. The number of thioether (sulfide) groups is 1. The van der Waals surface area contributed by atoms with E-state index in [-0.39, 0.29) is 10.8 Å². The van der Waals surface area contributed by atoms with Gasteiger partial charge in [-0.15, -0.1) is 11.3 Å². The van der Waals surface area contributed by atoms with Crippen molar-refractivity contribution in [2.24, 2.45) is 0 Å². The lowest BCUT2D eigenvalue weighted by Crippen LogP contribution is -2.46. The summed E-state index contributed by atoms with van der Waals surface area (Å²) in [5, 5.41) is 4.82. The van der Waals surface area contributed by atoms with Gasteiger partial charge in [-0.05, 0) is 54.5 Å². The molecular weight excluding hydrogens is 376 g/mol. The number of amides is 1. The molecule has 5 nitrogen and oxygen atoms in total. The van der Waals surface area contributed by atoms with Gasteiger partial charge in [-0.3, -0.25) is 4.79 Å². The number of carbonyl (C=O) groups is 1. The lowest BCUT2D eigenvalue weighted by molar-refractivity contribution is -0.122. The van der Waals surface area contributed by atoms with Crippen molar-refractivity contribution < 1.29 is 13.2 Å². The van der Waals surface area contributed by atoms with Gasteiger partial charge in [0.25, 0.3) is 0 Å². The lowest BCUT2D eigenvalue weighted by Gasteiger charge is -2.18. The van der Waals surface area contributed by atoms with Gasteiger partial charge in [-0.2, -0.15) is 16.5 Å². The Kier molecular flexibility index (Phi) is 7.49. The minimum Gasteiger partial charge on any atom is -0.350 e. The third-order valence-corrected chi connectivity index (χ3v) is 6.82. The fourth-order valence-electron chi connectivity index (χ4n) is 2.21. The molecular formula is C17H22N2O3S3. The maximum Gasteiger partial charge on any atom is 0.241 e. The summed E-state index contributed by atoms with van der Waals surface area (Å²) >= 11 is 3.15. The molecule has 0 saturated heterocycles.